The number of aliphatic hydroxyl groups is 1. The molecule has 1 rings (SSSR count). The third-order valence-corrected chi connectivity index (χ3v) is 3.02. The fourth-order valence-electron chi connectivity index (χ4n) is 1.01. The molecule has 0 amide bonds. The van der Waals surface area contributed by atoms with Crippen LogP contribution in [0.25, 0.3) is 0 Å². The van der Waals surface area contributed by atoms with Gasteiger partial charge >= 0.3 is 5.97 Å². The molecular formula is C10H9Cl2IO3. The van der Waals surface area contributed by atoms with E-state index in [0.29, 0.717) is 25.8 Å². The fraction of sp³-hybridized carbons (Fsp3) is 0.300. The number of rotatable bonds is 4. The summed E-state index contributed by atoms with van der Waals surface area (Å²) < 4.78 is 5.76. The Morgan fingerprint density at radius 3 is 2.69 bits per heavy atom. The first-order valence-corrected chi connectivity index (χ1v) is 6.34. The highest BCUT2D eigenvalue weighted by Crippen LogP contribution is 2.33. The van der Waals surface area contributed by atoms with Gasteiger partial charge in [0.15, 0.2) is 5.75 Å². The second-order valence-corrected chi connectivity index (χ2v) is 5.01. The van der Waals surface area contributed by atoms with E-state index in [0.717, 1.165) is 0 Å². The highest BCUT2D eigenvalue weighted by molar-refractivity contribution is 14.1. The first-order chi connectivity index (χ1) is 7.54. The average molecular weight is 375 g/mol. The van der Waals surface area contributed by atoms with Crippen molar-refractivity contribution in [1.82, 2.24) is 0 Å². The van der Waals surface area contributed by atoms with Crippen LogP contribution in [0.4, 0.5) is 0 Å². The lowest BCUT2D eigenvalue weighted by atomic mass is 10.3. The third kappa shape index (κ3) is 4.08. The van der Waals surface area contributed by atoms with Crippen LogP contribution in [0.5, 0.6) is 5.75 Å². The third-order valence-electron chi connectivity index (χ3n) is 1.72. The van der Waals surface area contributed by atoms with Crippen molar-refractivity contribution in [2.75, 3.05) is 6.61 Å². The predicted octanol–water partition coefficient (Wildman–Crippen LogP) is 3.28. The average Bonchev–Trinajstić information content (AvgIpc) is 2.20. The lowest BCUT2D eigenvalue weighted by molar-refractivity contribution is -0.134. The quantitative estimate of drug-likeness (QED) is 0.499. The fourth-order valence-corrected chi connectivity index (χ4v) is 2.63. The number of carbonyl (C=O) groups excluding carboxylic acids is 1. The molecule has 0 aromatic heterocycles. The SMILES string of the molecule is O=C(CCCO)Oc1c(Cl)cc(Cl)cc1I. The molecule has 0 unspecified atom stereocenters. The van der Waals surface area contributed by atoms with Crippen molar-refractivity contribution in [3.05, 3.63) is 25.7 Å². The number of aliphatic hydroxyl groups excluding tert-OH is 1. The van der Waals surface area contributed by atoms with Gasteiger partial charge in [-0.1, -0.05) is 23.2 Å². The predicted molar refractivity (Wildman–Crippen MR) is 71.1 cm³/mol. The summed E-state index contributed by atoms with van der Waals surface area (Å²) in [7, 11) is 0. The van der Waals surface area contributed by atoms with Gasteiger partial charge in [0.05, 0.1) is 8.59 Å². The van der Waals surface area contributed by atoms with Crippen LogP contribution < -0.4 is 4.74 Å². The van der Waals surface area contributed by atoms with Crippen molar-refractivity contribution in [2.45, 2.75) is 12.8 Å². The van der Waals surface area contributed by atoms with Gasteiger partial charge in [-0.3, -0.25) is 4.79 Å². The van der Waals surface area contributed by atoms with Gasteiger partial charge in [-0.15, -0.1) is 0 Å². The van der Waals surface area contributed by atoms with E-state index >= 15 is 0 Å². The summed E-state index contributed by atoms with van der Waals surface area (Å²) in [6.07, 6.45) is 0.534. The van der Waals surface area contributed by atoms with E-state index < -0.39 is 5.97 Å². The zero-order valence-corrected chi connectivity index (χ0v) is 11.8. The van der Waals surface area contributed by atoms with Crippen molar-refractivity contribution in [3.63, 3.8) is 0 Å². The summed E-state index contributed by atoms with van der Waals surface area (Å²) in [6, 6.07) is 3.17. The molecule has 0 spiro atoms. The molecule has 0 saturated heterocycles. The van der Waals surface area contributed by atoms with Gasteiger partial charge in [0.25, 0.3) is 0 Å². The molecule has 1 aromatic rings. The standard InChI is InChI=1S/C10H9Cl2IO3/c11-6-4-7(12)10(8(13)5-6)16-9(15)2-1-3-14/h4-5,14H,1-3H2. The lowest BCUT2D eigenvalue weighted by Gasteiger charge is -2.08. The Morgan fingerprint density at radius 2 is 2.12 bits per heavy atom. The van der Waals surface area contributed by atoms with Gasteiger partial charge in [0.2, 0.25) is 0 Å². The Labute approximate surface area is 117 Å². The van der Waals surface area contributed by atoms with E-state index in [1.165, 1.54) is 6.07 Å². The molecule has 0 aliphatic rings. The zero-order chi connectivity index (χ0) is 12.1. The first kappa shape index (κ1) is 14.0. The molecule has 0 saturated carbocycles. The molecule has 0 fully saturated rings. The number of carbonyl (C=O) groups is 1. The van der Waals surface area contributed by atoms with Crippen LogP contribution in [0.3, 0.4) is 0 Å². The van der Waals surface area contributed by atoms with Crippen LogP contribution in [0, 0.1) is 3.57 Å². The Hall–Kier alpha value is -0.0400. The minimum Gasteiger partial charge on any atom is -0.424 e. The molecule has 6 heteroatoms. The Bertz CT molecular complexity index is 373. The number of hydrogen-bond donors (Lipinski definition) is 1. The van der Waals surface area contributed by atoms with Crippen LogP contribution >= 0.6 is 45.8 Å². The van der Waals surface area contributed by atoms with Gasteiger partial charge in [-0.2, -0.15) is 0 Å². The van der Waals surface area contributed by atoms with Gasteiger partial charge in [0.1, 0.15) is 0 Å². The Balaban J connectivity index is 2.77. The lowest BCUT2D eigenvalue weighted by Crippen LogP contribution is -2.09. The van der Waals surface area contributed by atoms with Crippen molar-refractivity contribution >= 4 is 51.8 Å². The monoisotopic (exact) mass is 374 g/mol. The summed E-state index contributed by atoms with van der Waals surface area (Å²) >= 11 is 13.7. The molecule has 0 atom stereocenters. The molecule has 3 nitrogen and oxygen atoms in total. The van der Waals surface area contributed by atoms with Crippen LogP contribution in [0.15, 0.2) is 12.1 Å². The molecule has 1 N–H and O–H groups in total. The molecule has 0 aliphatic heterocycles. The highest BCUT2D eigenvalue weighted by atomic mass is 127. The van der Waals surface area contributed by atoms with E-state index in [9.17, 15) is 4.79 Å². The molecule has 16 heavy (non-hydrogen) atoms. The van der Waals surface area contributed by atoms with Gasteiger partial charge < -0.3 is 9.84 Å². The molecule has 0 heterocycles. The van der Waals surface area contributed by atoms with Crippen molar-refractivity contribution < 1.29 is 14.6 Å². The molecular weight excluding hydrogens is 366 g/mol. The largest absolute Gasteiger partial charge is 0.424 e. The summed E-state index contributed by atoms with van der Waals surface area (Å²) in [4.78, 5) is 11.3. The normalized spacial score (nSPS) is 10.2. The van der Waals surface area contributed by atoms with E-state index in [2.05, 4.69) is 0 Å². The van der Waals surface area contributed by atoms with E-state index in [4.69, 9.17) is 33.0 Å². The van der Waals surface area contributed by atoms with Crippen LogP contribution in [0.1, 0.15) is 12.8 Å². The first-order valence-electron chi connectivity index (χ1n) is 4.50. The molecule has 88 valence electrons. The second-order valence-electron chi connectivity index (χ2n) is 3.00. The summed E-state index contributed by atoms with van der Waals surface area (Å²) in [5, 5.41) is 9.36. The number of hydrogen-bond acceptors (Lipinski definition) is 3. The van der Waals surface area contributed by atoms with Crippen molar-refractivity contribution in [1.29, 1.82) is 0 Å². The van der Waals surface area contributed by atoms with Gasteiger partial charge in [0, 0.05) is 18.1 Å². The minimum absolute atomic E-state index is 0.0411. The van der Waals surface area contributed by atoms with Crippen LogP contribution in [-0.4, -0.2) is 17.7 Å². The summed E-state index contributed by atoms with van der Waals surface area (Å²) in [5.74, 6) is -0.106. The van der Waals surface area contributed by atoms with E-state index in [-0.39, 0.29) is 13.0 Å². The maximum atomic E-state index is 11.3. The number of halogens is 3. The maximum Gasteiger partial charge on any atom is 0.311 e. The number of benzene rings is 1. The smallest absolute Gasteiger partial charge is 0.311 e. The van der Waals surface area contributed by atoms with Crippen molar-refractivity contribution in [3.8, 4) is 5.75 Å². The summed E-state index contributed by atoms with van der Waals surface area (Å²) in [6.45, 7) is -0.0411. The Morgan fingerprint density at radius 1 is 1.44 bits per heavy atom. The second kappa shape index (κ2) is 6.64. The van der Waals surface area contributed by atoms with Crippen molar-refractivity contribution in [2.24, 2.45) is 0 Å². The van der Waals surface area contributed by atoms with Crippen LogP contribution in [0.2, 0.25) is 10.0 Å². The molecule has 0 radical (unpaired) electrons. The minimum atomic E-state index is -0.420. The molecule has 0 bridgehead atoms. The number of esters is 1. The Kier molecular flexibility index (Phi) is 5.82. The number of ether oxygens (including phenoxy) is 1. The maximum absolute atomic E-state index is 11.3. The molecule has 0 aliphatic carbocycles. The van der Waals surface area contributed by atoms with E-state index in [1.807, 2.05) is 22.6 Å². The van der Waals surface area contributed by atoms with Gasteiger partial charge in [-0.25, -0.2) is 0 Å². The van der Waals surface area contributed by atoms with Gasteiger partial charge in [-0.05, 0) is 41.1 Å². The highest BCUT2D eigenvalue weighted by Gasteiger charge is 2.12. The topological polar surface area (TPSA) is 46.5 Å². The van der Waals surface area contributed by atoms with E-state index in [1.54, 1.807) is 6.07 Å². The zero-order valence-electron chi connectivity index (χ0n) is 8.17. The summed E-state index contributed by atoms with van der Waals surface area (Å²) in [5.41, 5.74) is 0. The van der Waals surface area contributed by atoms with Crippen LogP contribution in [-0.2, 0) is 4.79 Å². The molecule has 1 aromatic carbocycles.